The van der Waals surface area contributed by atoms with Crippen molar-refractivity contribution < 1.29 is 23.8 Å². The third-order valence-corrected chi connectivity index (χ3v) is 5.30. The van der Waals surface area contributed by atoms with Gasteiger partial charge in [0.25, 0.3) is 5.91 Å². The molecule has 7 heteroatoms. The van der Waals surface area contributed by atoms with Gasteiger partial charge in [0, 0.05) is 13.0 Å². The molecular formula is C23H24N2O5. The molecule has 0 spiro atoms. The van der Waals surface area contributed by atoms with Crippen molar-refractivity contribution in [3.8, 4) is 5.75 Å². The minimum atomic E-state index is -0.572. The summed E-state index contributed by atoms with van der Waals surface area (Å²) in [4.78, 5) is 25.0. The number of benzene rings is 2. The van der Waals surface area contributed by atoms with E-state index in [4.69, 9.17) is 14.2 Å². The first-order chi connectivity index (χ1) is 14.7. The van der Waals surface area contributed by atoms with Crippen molar-refractivity contribution in [2.45, 2.75) is 31.4 Å². The first-order valence-corrected chi connectivity index (χ1v) is 10.0. The van der Waals surface area contributed by atoms with Crippen LogP contribution in [-0.2, 0) is 19.1 Å². The van der Waals surface area contributed by atoms with Gasteiger partial charge >= 0.3 is 5.97 Å². The molecule has 2 aromatic carbocycles. The number of hydrogen-bond donors (Lipinski definition) is 0. The average Bonchev–Trinajstić information content (AvgIpc) is 3.48. The van der Waals surface area contributed by atoms with Crippen molar-refractivity contribution in [2.24, 2.45) is 5.10 Å². The second kappa shape index (κ2) is 9.09. The van der Waals surface area contributed by atoms with Gasteiger partial charge in [-0.25, -0.2) is 9.80 Å². The van der Waals surface area contributed by atoms with Crippen molar-refractivity contribution in [2.75, 3.05) is 20.3 Å². The quantitative estimate of drug-likeness (QED) is 0.687. The predicted octanol–water partition coefficient (Wildman–Crippen LogP) is 3.10. The molecule has 0 N–H and O–H groups in total. The SMILES string of the molecule is COc1ccc([C@@H]2CC(c3ccccc3)=NN2C(=O)COC(=O)[C@@H]2CCCO2)cc1. The van der Waals surface area contributed by atoms with Crippen molar-refractivity contribution >= 4 is 17.6 Å². The van der Waals surface area contributed by atoms with Crippen molar-refractivity contribution in [3.05, 3.63) is 65.7 Å². The highest BCUT2D eigenvalue weighted by Gasteiger charge is 2.34. The van der Waals surface area contributed by atoms with Crippen LogP contribution in [0, 0.1) is 0 Å². The number of ether oxygens (including phenoxy) is 3. The van der Waals surface area contributed by atoms with Crippen LogP contribution in [0.2, 0.25) is 0 Å². The fraction of sp³-hybridized carbons (Fsp3) is 0.348. The maximum absolute atomic E-state index is 12.9. The zero-order chi connectivity index (χ0) is 20.9. The van der Waals surface area contributed by atoms with Crippen LogP contribution in [-0.4, -0.2) is 49.0 Å². The lowest BCUT2D eigenvalue weighted by Crippen LogP contribution is -2.33. The molecule has 7 nitrogen and oxygen atoms in total. The Morgan fingerprint density at radius 1 is 1.13 bits per heavy atom. The maximum atomic E-state index is 12.9. The predicted molar refractivity (Wildman–Crippen MR) is 110 cm³/mol. The summed E-state index contributed by atoms with van der Waals surface area (Å²) in [6.07, 6.45) is 1.45. The molecule has 0 radical (unpaired) electrons. The zero-order valence-corrected chi connectivity index (χ0v) is 16.8. The van der Waals surface area contributed by atoms with E-state index < -0.39 is 12.1 Å². The molecule has 0 saturated carbocycles. The number of rotatable bonds is 6. The lowest BCUT2D eigenvalue weighted by molar-refractivity contribution is -0.160. The number of carbonyl (C=O) groups excluding carboxylic acids is 2. The van der Waals surface area contributed by atoms with Crippen LogP contribution in [0.3, 0.4) is 0 Å². The Balaban J connectivity index is 1.52. The van der Waals surface area contributed by atoms with Crippen LogP contribution in [0.25, 0.3) is 0 Å². The van der Waals surface area contributed by atoms with E-state index in [0.29, 0.717) is 19.4 Å². The van der Waals surface area contributed by atoms with E-state index in [9.17, 15) is 9.59 Å². The summed E-state index contributed by atoms with van der Waals surface area (Å²) in [7, 11) is 1.61. The average molecular weight is 408 g/mol. The van der Waals surface area contributed by atoms with Gasteiger partial charge in [-0.05, 0) is 36.1 Å². The van der Waals surface area contributed by atoms with Crippen molar-refractivity contribution in [3.63, 3.8) is 0 Å². The molecule has 30 heavy (non-hydrogen) atoms. The number of methoxy groups -OCH3 is 1. The smallest absolute Gasteiger partial charge is 0.335 e. The van der Waals surface area contributed by atoms with E-state index in [1.807, 2.05) is 54.6 Å². The molecular weight excluding hydrogens is 384 g/mol. The van der Waals surface area contributed by atoms with Crippen LogP contribution in [0.5, 0.6) is 5.75 Å². The minimum Gasteiger partial charge on any atom is -0.497 e. The molecule has 0 unspecified atom stereocenters. The van der Waals surface area contributed by atoms with Crippen LogP contribution in [0.4, 0.5) is 0 Å². The first kappa shape index (κ1) is 20.1. The van der Waals surface area contributed by atoms with Gasteiger partial charge in [0.2, 0.25) is 0 Å². The fourth-order valence-electron chi connectivity index (χ4n) is 3.69. The molecule has 2 aliphatic rings. The first-order valence-electron chi connectivity index (χ1n) is 10.0. The second-order valence-corrected chi connectivity index (χ2v) is 7.25. The van der Waals surface area contributed by atoms with Gasteiger partial charge in [-0.3, -0.25) is 4.79 Å². The largest absolute Gasteiger partial charge is 0.497 e. The monoisotopic (exact) mass is 408 g/mol. The zero-order valence-electron chi connectivity index (χ0n) is 16.8. The Morgan fingerprint density at radius 3 is 2.57 bits per heavy atom. The molecule has 2 atom stereocenters. The summed E-state index contributed by atoms with van der Waals surface area (Å²) < 4.78 is 15.8. The molecule has 1 saturated heterocycles. The standard InChI is InChI=1S/C23H24N2O5/c1-28-18-11-9-17(10-12-18)20-14-19(16-6-3-2-4-7-16)24-25(20)22(26)15-30-23(27)21-8-5-13-29-21/h2-4,6-7,9-12,20-21H,5,8,13-15H2,1H3/t20-,21-/m0/s1. The van der Waals surface area contributed by atoms with Crippen LogP contribution < -0.4 is 4.74 Å². The molecule has 0 aromatic heterocycles. The van der Waals surface area contributed by atoms with Gasteiger partial charge in [-0.15, -0.1) is 0 Å². The van der Waals surface area contributed by atoms with Crippen molar-refractivity contribution in [1.29, 1.82) is 0 Å². The van der Waals surface area contributed by atoms with Crippen LogP contribution in [0.1, 0.15) is 36.4 Å². The highest BCUT2D eigenvalue weighted by Crippen LogP contribution is 2.33. The minimum absolute atomic E-state index is 0.278. The van der Waals surface area contributed by atoms with Gasteiger partial charge in [-0.2, -0.15) is 5.10 Å². The summed E-state index contributed by atoms with van der Waals surface area (Å²) >= 11 is 0. The Labute approximate surface area is 175 Å². The van der Waals surface area contributed by atoms with Gasteiger partial charge < -0.3 is 14.2 Å². The van der Waals surface area contributed by atoms with Gasteiger partial charge in [0.05, 0.1) is 18.9 Å². The molecule has 2 aromatic rings. The van der Waals surface area contributed by atoms with E-state index in [2.05, 4.69) is 5.10 Å². The van der Waals surface area contributed by atoms with Crippen LogP contribution in [0.15, 0.2) is 59.7 Å². The van der Waals surface area contributed by atoms with Crippen LogP contribution >= 0.6 is 0 Å². The Morgan fingerprint density at radius 2 is 1.90 bits per heavy atom. The molecule has 0 bridgehead atoms. The number of carbonyl (C=O) groups is 2. The Hall–Kier alpha value is -3.19. The van der Waals surface area contributed by atoms with E-state index in [1.54, 1.807) is 7.11 Å². The third-order valence-electron chi connectivity index (χ3n) is 5.30. The molecule has 1 amide bonds. The number of hydrogen-bond acceptors (Lipinski definition) is 6. The number of esters is 1. The van der Waals surface area contributed by atoms with E-state index in [0.717, 1.165) is 29.0 Å². The molecule has 0 aliphatic carbocycles. The Bertz CT molecular complexity index is 920. The van der Waals surface area contributed by atoms with Crippen molar-refractivity contribution in [1.82, 2.24) is 5.01 Å². The van der Waals surface area contributed by atoms with E-state index in [1.165, 1.54) is 5.01 Å². The van der Waals surface area contributed by atoms with E-state index >= 15 is 0 Å². The fourth-order valence-corrected chi connectivity index (χ4v) is 3.69. The molecule has 1 fully saturated rings. The summed E-state index contributed by atoms with van der Waals surface area (Å²) in [6.45, 7) is 0.182. The summed E-state index contributed by atoms with van der Waals surface area (Å²) in [6, 6.07) is 17.0. The summed E-state index contributed by atoms with van der Waals surface area (Å²) in [5.74, 6) is -0.120. The van der Waals surface area contributed by atoms with Gasteiger partial charge in [-0.1, -0.05) is 42.5 Å². The summed E-state index contributed by atoms with van der Waals surface area (Å²) in [5, 5.41) is 6.00. The number of amides is 1. The second-order valence-electron chi connectivity index (χ2n) is 7.25. The molecule has 2 heterocycles. The van der Waals surface area contributed by atoms with Gasteiger partial charge in [0.15, 0.2) is 12.7 Å². The Kier molecular flexibility index (Phi) is 6.09. The maximum Gasteiger partial charge on any atom is 0.335 e. The molecule has 2 aliphatic heterocycles. The van der Waals surface area contributed by atoms with E-state index in [-0.39, 0.29) is 18.6 Å². The molecule has 156 valence electrons. The van der Waals surface area contributed by atoms with Gasteiger partial charge in [0.1, 0.15) is 5.75 Å². The number of hydrazone groups is 1. The lowest BCUT2D eigenvalue weighted by Gasteiger charge is -2.22. The number of nitrogens with zero attached hydrogens (tertiary/aromatic N) is 2. The highest BCUT2D eigenvalue weighted by atomic mass is 16.6. The molecule has 4 rings (SSSR count). The third kappa shape index (κ3) is 4.36. The normalized spacial score (nSPS) is 20.7. The highest BCUT2D eigenvalue weighted by molar-refractivity contribution is 6.03. The topological polar surface area (TPSA) is 77.4 Å². The lowest BCUT2D eigenvalue weighted by atomic mass is 9.98. The summed E-state index contributed by atoms with van der Waals surface area (Å²) in [5.41, 5.74) is 2.71.